The molecule has 0 spiro atoms. The Bertz CT molecular complexity index is 557. The number of rotatable bonds is 1. The zero-order valence-corrected chi connectivity index (χ0v) is 12.5. The summed E-state index contributed by atoms with van der Waals surface area (Å²) in [6, 6.07) is 6.72. The molecule has 3 heterocycles. The van der Waals surface area contributed by atoms with Gasteiger partial charge >= 0.3 is 0 Å². The summed E-state index contributed by atoms with van der Waals surface area (Å²) in [6.07, 6.45) is 4.92. The van der Waals surface area contributed by atoms with E-state index in [9.17, 15) is 4.79 Å². The number of anilines is 1. The van der Waals surface area contributed by atoms with Gasteiger partial charge in [-0.15, -0.1) is 0 Å². The van der Waals surface area contributed by atoms with E-state index in [0.29, 0.717) is 6.04 Å². The fraction of sp³-hybridized carbons (Fsp3) is 0.588. The Morgan fingerprint density at radius 2 is 2.14 bits per heavy atom. The fourth-order valence-corrected chi connectivity index (χ4v) is 3.96. The van der Waals surface area contributed by atoms with Gasteiger partial charge in [-0.3, -0.25) is 9.69 Å². The molecule has 0 aromatic heterocycles. The minimum atomic E-state index is 0.218. The summed E-state index contributed by atoms with van der Waals surface area (Å²) < 4.78 is 0. The van der Waals surface area contributed by atoms with Crippen molar-refractivity contribution in [3.05, 3.63) is 29.3 Å². The Hall–Kier alpha value is -1.55. The Labute approximate surface area is 126 Å². The van der Waals surface area contributed by atoms with Crippen molar-refractivity contribution in [3.63, 3.8) is 0 Å². The first-order valence-electron chi connectivity index (χ1n) is 8.21. The molecule has 4 rings (SSSR count). The molecule has 0 unspecified atom stereocenters. The molecule has 1 amide bonds. The number of piperazine rings is 1. The zero-order chi connectivity index (χ0) is 14.2. The highest BCUT2D eigenvalue weighted by atomic mass is 16.2. The summed E-state index contributed by atoms with van der Waals surface area (Å²) in [5, 5.41) is 3.35. The van der Waals surface area contributed by atoms with Crippen LogP contribution >= 0.6 is 0 Å². The summed E-state index contributed by atoms with van der Waals surface area (Å²) in [4.78, 5) is 17.4. The van der Waals surface area contributed by atoms with Crippen molar-refractivity contribution in [3.8, 4) is 0 Å². The number of benzene rings is 1. The maximum Gasteiger partial charge on any atom is 0.253 e. The summed E-state index contributed by atoms with van der Waals surface area (Å²) >= 11 is 0. The summed E-state index contributed by atoms with van der Waals surface area (Å²) in [6.45, 7) is 5.05. The Morgan fingerprint density at radius 1 is 1.19 bits per heavy atom. The molecular formula is C17H23N3O. The van der Waals surface area contributed by atoms with Crippen LogP contribution in [0, 0.1) is 0 Å². The lowest BCUT2D eigenvalue weighted by atomic mass is 9.99. The number of nitrogens with one attached hydrogen (secondary N) is 1. The number of amides is 1. The van der Waals surface area contributed by atoms with Crippen LogP contribution in [-0.2, 0) is 6.42 Å². The second kappa shape index (κ2) is 5.34. The van der Waals surface area contributed by atoms with Crippen LogP contribution in [0.25, 0.3) is 0 Å². The number of carbonyl (C=O) groups excluding carboxylic acids is 1. The van der Waals surface area contributed by atoms with E-state index in [1.165, 1.54) is 37.1 Å². The molecule has 1 N–H and O–H groups in total. The van der Waals surface area contributed by atoms with Crippen molar-refractivity contribution in [1.82, 2.24) is 9.80 Å². The van der Waals surface area contributed by atoms with Crippen LogP contribution in [0.3, 0.4) is 0 Å². The number of piperidine rings is 1. The van der Waals surface area contributed by atoms with Gasteiger partial charge in [0.1, 0.15) is 0 Å². The Balaban J connectivity index is 1.49. The summed E-state index contributed by atoms with van der Waals surface area (Å²) in [5.41, 5.74) is 3.35. The SMILES string of the molecule is O=C(c1ccc2c(c1)CCN2)N1CCN2CCCC[C@H]2C1. The van der Waals surface area contributed by atoms with E-state index in [2.05, 4.69) is 27.2 Å². The van der Waals surface area contributed by atoms with Crippen molar-refractivity contribution in [1.29, 1.82) is 0 Å². The molecule has 0 aliphatic carbocycles. The highest BCUT2D eigenvalue weighted by molar-refractivity contribution is 5.95. The molecule has 2 saturated heterocycles. The van der Waals surface area contributed by atoms with E-state index >= 15 is 0 Å². The topological polar surface area (TPSA) is 35.6 Å². The van der Waals surface area contributed by atoms with Crippen LogP contribution in [-0.4, -0.2) is 54.5 Å². The van der Waals surface area contributed by atoms with Gasteiger partial charge in [0, 0.05) is 43.5 Å². The molecule has 1 atom stereocenters. The lowest BCUT2D eigenvalue weighted by Crippen LogP contribution is -2.56. The predicted molar refractivity (Wildman–Crippen MR) is 83.8 cm³/mol. The van der Waals surface area contributed by atoms with Crippen molar-refractivity contribution in [2.24, 2.45) is 0 Å². The maximum atomic E-state index is 12.8. The zero-order valence-electron chi connectivity index (χ0n) is 12.5. The molecule has 112 valence electrons. The first kappa shape index (κ1) is 13.1. The predicted octanol–water partition coefficient (Wildman–Crippen LogP) is 1.96. The van der Waals surface area contributed by atoms with Gasteiger partial charge in [0.05, 0.1) is 0 Å². The highest BCUT2D eigenvalue weighted by Crippen LogP contribution is 2.25. The van der Waals surface area contributed by atoms with E-state index in [0.717, 1.165) is 38.2 Å². The van der Waals surface area contributed by atoms with Crippen LogP contribution in [0.15, 0.2) is 18.2 Å². The normalized spacial score (nSPS) is 25.1. The molecule has 2 fully saturated rings. The number of hydrogen-bond acceptors (Lipinski definition) is 3. The third-order valence-electron chi connectivity index (χ3n) is 5.19. The summed E-state index contributed by atoms with van der Waals surface area (Å²) in [7, 11) is 0. The van der Waals surface area contributed by atoms with Crippen LogP contribution in [0.1, 0.15) is 35.2 Å². The van der Waals surface area contributed by atoms with Gasteiger partial charge in [0.15, 0.2) is 0 Å². The second-order valence-corrected chi connectivity index (χ2v) is 6.49. The Morgan fingerprint density at radius 3 is 3.10 bits per heavy atom. The molecule has 21 heavy (non-hydrogen) atoms. The number of carbonyl (C=O) groups is 1. The molecule has 3 aliphatic heterocycles. The molecule has 0 bridgehead atoms. The van der Waals surface area contributed by atoms with Gasteiger partial charge in [-0.2, -0.15) is 0 Å². The van der Waals surface area contributed by atoms with E-state index in [1.807, 2.05) is 6.07 Å². The average Bonchev–Trinajstić information content (AvgIpc) is 3.01. The van der Waals surface area contributed by atoms with E-state index < -0.39 is 0 Å². The number of hydrogen-bond donors (Lipinski definition) is 1. The molecule has 0 saturated carbocycles. The smallest absolute Gasteiger partial charge is 0.253 e. The van der Waals surface area contributed by atoms with Gasteiger partial charge < -0.3 is 10.2 Å². The minimum Gasteiger partial charge on any atom is -0.384 e. The summed E-state index contributed by atoms with van der Waals surface area (Å²) in [5.74, 6) is 0.218. The molecule has 3 aliphatic rings. The highest BCUT2D eigenvalue weighted by Gasteiger charge is 2.31. The van der Waals surface area contributed by atoms with E-state index in [4.69, 9.17) is 0 Å². The van der Waals surface area contributed by atoms with Gasteiger partial charge in [-0.1, -0.05) is 6.42 Å². The lowest BCUT2D eigenvalue weighted by molar-refractivity contribution is 0.0372. The molecular weight excluding hydrogens is 262 g/mol. The van der Waals surface area contributed by atoms with Crippen LogP contribution < -0.4 is 5.32 Å². The van der Waals surface area contributed by atoms with Gasteiger partial charge in [0.25, 0.3) is 5.91 Å². The second-order valence-electron chi connectivity index (χ2n) is 6.49. The lowest BCUT2D eigenvalue weighted by Gasteiger charge is -2.44. The van der Waals surface area contributed by atoms with E-state index in [1.54, 1.807) is 0 Å². The van der Waals surface area contributed by atoms with Crippen molar-refractivity contribution in [2.45, 2.75) is 31.7 Å². The quantitative estimate of drug-likeness (QED) is 0.857. The molecule has 0 radical (unpaired) electrons. The van der Waals surface area contributed by atoms with Crippen LogP contribution in [0.5, 0.6) is 0 Å². The van der Waals surface area contributed by atoms with Gasteiger partial charge in [-0.05, 0) is 49.6 Å². The largest absolute Gasteiger partial charge is 0.384 e. The minimum absolute atomic E-state index is 0.218. The van der Waals surface area contributed by atoms with Crippen LogP contribution in [0.2, 0.25) is 0 Å². The van der Waals surface area contributed by atoms with Crippen molar-refractivity contribution >= 4 is 11.6 Å². The molecule has 1 aromatic rings. The molecule has 1 aromatic carbocycles. The Kier molecular flexibility index (Phi) is 3.34. The third-order valence-corrected chi connectivity index (χ3v) is 5.19. The van der Waals surface area contributed by atoms with E-state index in [-0.39, 0.29) is 5.91 Å². The van der Waals surface area contributed by atoms with Crippen molar-refractivity contribution in [2.75, 3.05) is 38.0 Å². The number of fused-ring (bicyclic) bond motifs is 2. The maximum absolute atomic E-state index is 12.8. The van der Waals surface area contributed by atoms with Gasteiger partial charge in [-0.25, -0.2) is 0 Å². The first-order valence-corrected chi connectivity index (χ1v) is 8.21. The number of nitrogens with zero attached hydrogens (tertiary/aromatic N) is 2. The first-order chi connectivity index (χ1) is 10.3. The average molecular weight is 285 g/mol. The standard InChI is InChI=1S/C17H23N3O/c21-17(14-4-5-16-13(11-14)6-7-18-16)20-10-9-19-8-2-1-3-15(19)12-20/h4-5,11,15,18H,1-3,6-10,12H2/t15-/m0/s1. The molecule has 4 nitrogen and oxygen atoms in total. The van der Waals surface area contributed by atoms with Crippen molar-refractivity contribution < 1.29 is 4.79 Å². The van der Waals surface area contributed by atoms with Gasteiger partial charge in [0.2, 0.25) is 0 Å². The fourth-order valence-electron chi connectivity index (χ4n) is 3.96. The monoisotopic (exact) mass is 285 g/mol. The third kappa shape index (κ3) is 2.42. The molecule has 4 heteroatoms. The van der Waals surface area contributed by atoms with Crippen LogP contribution in [0.4, 0.5) is 5.69 Å².